The highest BCUT2D eigenvalue weighted by molar-refractivity contribution is 7.92. The fourth-order valence-electron chi connectivity index (χ4n) is 3.34. The highest BCUT2D eigenvalue weighted by atomic mass is 35.5. The number of sulfonamides is 1. The molecule has 2 aromatic carbocycles. The van der Waals surface area contributed by atoms with Crippen LogP contribution in [0.2, 0.25) is 5.02 Å². The first-order valence-electron chi connectivity index (χ1n) is 8.61. The summed E-state index contributed by atoms with van der Waals surface area (Å²) >= 11 is 5.83. The SMILES string of the molecule is Cc1cc(C)c(S(=O)(=O)N2CCC(S(=O)(=O)c3ccc(Cl)cc3)C2)cc1C. The van der Waals surface area contributed by atoms with Crippen LogP contribution in [0.3, 0.4) is 0 Å². The monoisotopic (exact) mass is 427 g/mol. The number of rotatable bonds is 4. The summed E-state index contributed by atoms with van der Waals surface area (Å²) in [5.41, 5.74) is 2.59. The molecule has 0 radical (unpaired) electrons. The fourth-order valence-corrected chi connectivity index (χ4v) is 7.04. The average Bonchev–Trinajstić information content (AvgIpc) is 3.10. The maximum atomic E-state index is 13.1. The number of benzene rings is 2. The van der Waals surface area contributed by atoms with Gasteiger partial charge in [0, 0.05) is 18.1 Å². The van der Waals surface area contributed by atoms with Crippen molar-refractivity contribution >= 4 is 31.5 Å². The highest BCUT2D eigenvalue weighted by Crippen LogP contribution is 2.30. The minimum absolute atomic E-state index is 0.0420. The molecule has 0 spiro atoms. The van der Waals surface area contributed by atoms with Gasteiger partial charge in [-0.3, -0.25) is 0 Å². The topological polar surface area (TPSA) is 71.5 Å². The second-order valence-corrected chi connectivity index (χ2v) is 11.5. The van der Waals surface area contributed by atoms with Crippen LogP contribution in [0.1, 0.15) is 23.1 Å². The molecule has 0 aliphatic carbocycles. The Morgan fingerprint density at radius 1 is 0.926 bits per heavy atom. The number of aryl methyl sites for hydroxylation is 3. The number of nitrogens with zero attached hydrogens (tertiary/aromatic N) is 1. The lowest BCUT2D eigenvalue weighted by Gasteiger charge is -2.19. The molecule has 1 heterocycles. The van der Waals surface area contributed by atoms with Crippen molar-refractivity contribution in [1.82, 2.24) is 4.31 Å². The molecule has 1 atom stereocenters. The molecule has 0 N–H and O–H groups in total. The van der Waals surface area contributed by atoms with Gasteiger partial charge in [-0.15, -0.1) is 0 Å². The molecule has 146 valence electrons. The normalized spacial score (nSPS) is 18.7. The first-order valence-corrected chi connectivity index (χ1v) is 12.0. The lowest BCUT2D eigenvalue weighted by molar-refractivity contribution is 0.476. The van der Waals surface area contributed by atoms with Crippen LogP contribution >= 0.6 is 11.6 Å². The van der Waals surface area contributed by atoms with Gasteiger partial charge in [-0.1, -0.05) is 17.7 Å². The van der Waals surface area contributed by atoms with E-state index in [1.165, 1.54) is 28.6 Å². The van der Waals surface area contributed by atoms with Crippen LogP contribution in [0, 0.1) is 20.8 Å². The lowest BCUT2D eigenvalue weighted by Crippen LogP contribution is -2.32. The Morgan fingerprint density at radius 2 is 1.52 bits per heavy atom. The summed E-state index contributed by atoms with van der Waals surface area (Å²) in [5, 5.41) is -0.310. The van der Waals surface area contributed by atoms with Crippen LogP contribution in [-0.4, -0.2) is 39.5 Å². The standard InChI is InChI=1S/C19H22ClNO4S2/c1-13-10-15(3)19(11-14(13)2)27(24,25)21-9-8-18(12-21)26(22,23)17-6-4-16(20)5-7-17/h4-7,10-11,18H,8-9,12H2,1-3H3. The van der Waals surface area contributed by atoms with E-state index >= 15 is 0 Å². The predicted octanol–water partition coefficient (Wildman–Crippen LogP) is 3.50. The van der Waals surface area contributed by atoms with E-state index in [9.17, 15) is 16.8 Å². The molecule has 0 saturated carbocycles. The zero-order valence-corrected chi connectivity index (χ0v) is 17.8. The Balaban J connectivity index is 1.89. The maximum Gasteiger partial charge on any atom is 0.243 e. The number of sulfone groups is 1. The van der Waals surface area contributed by atoms with Crippen molar-refractivity contribution in [1.29, 1.82) is 0 Å². The second kappa shape index (κ2) is 7.20. The number of halogens is 1. The average molecular weight is 428 g/mol. The van der Waals surface area contributed by atoms with Crippen LogP contribution in [-0.2, 0) is 19.9 Å². The summed E-state index contributed by atoms with van der Waals surface area (Å²) in [6, 6.07) is 9.48. The molecule has 3 rings (SSSR count). The predicted molar refractivity (Wildman–Crippen MR) is 106 cm³/mol. The van der Waals surface area contributed by atoms with Crippen molar-refractivity contribution in [3.05, 3.63) is 58.1 Å². The minimum Gasteiger partial charge on any atom is -0.223 e. The van der Waals surface area contributed by atoms with Gasteiger partial charge in [-0.25, -0.2) is 16.8 Å². The quantitative estimate of drug-likeness (QED) is 0.748. The lowest BCUT2D eigenvalue weighted by atomic mass is 10.1. The van der Waals surface area contributed by atoms with Crippen molar-refractivity contribution in [3.8, 4) is 0 Å². The Labute approximate surface area is 165 Å². The summed E-state index contributed by atoms with van der Waals surface area (Å²) < 4.78 is 53.2. The Kier molecular flexibility index (Phi) is 5.42. The van der Waals surface area contributed by atoms with Gasteiger partial charge in [0.25, 0.3) is 0 Å². The summed E-state index contributed by atoms with van der Waals surface area (Å²) in [4.78, 5) is 0.411. The molecule has 27 heavy (non-hydrogen) atoms. The molecule has 1 unspecified atom stereocenters. The molecular formula is C19H22ClNO4S2. The molecule has 8 heteroatoms. The van der Waals surface area contributed by atoms with E-state index in [0.717, 1.165) is 11.1 Å². The molecule has 2 aromatic rings. The molecule has 1 aliphatic rings. The van der Waals surface area contributed by atoms with Crippen molar-refractivity contribution in [3.63, 3.8) is 0 Å². The van der Waals surface area contributed by atoms with Crippen molar-refractivity contribution in [2.75, 3.05) is 13.1 Å². The zero-order chi connectivity index (χ0) is 20.0. The number of hydrogen-bond donors (Lipinski definition) is 0. The third-order valence-corrected chi connectivity index (χ3v) is 9.55. The third-order valence-electron chi connectivity index (χ3n) is 5.10. The Bertz CT molecular complexity index is 1080. The molecule has 1 fully saturated rings. The first-order chi connectivity index (χ1) is 12.5. The van der Waals surface area contributed by atoms with E-state index in [2.05, 4.69) is 0 Å². The van der Waals surface area contributed by atoms with Crippen molar-refractivity contribution < 1.29 is 16.8 Å². The van der Waals surface area contributed by atoms with E-state index in [4.69, 9.17) is 11.6 Å². The summed E-state index contributed by atoms with van der Waals surface area (Å²) in [6.07, 6.45) is 0.272. The Hall–Kier alpha value is -1.41. The van der Waals surface area contributed by atoms with Gasteiger partial charge in [0.1, 0.15) is 0 Å². The summed E-state index contributed by atoms with van der Waals surface area (Å²) in [5.74, 6) is 0. The summed E-state index contributed by atoms with van der Waals surface area (Å²) in [6.45, 7) is 5.71. The molecule has 0 bridgehead atoms. The summed E-state index contributed by atoms with van der Waals surface area (Å²) in [7, 11) is -7.36. The van der Waals surface area contributed by atoms with Gasteiger partial charge in [-0.05, 0) is 74.2 Å². The van der Waals surface area contributed by atoms with Crippen LogP contribution in [0.15, 0.2) is 46.2 Å². The largest absolute Gasteiger partial charge is 0.243 e. The smallest absolute Gasteiger partial charge is 0.223 e. The van der Waals surface area contributed by atoms with Gasteiger partial charge in [0.15, 0.2) is 9.84 Å². The number of hydrogen-bond acceptors (Lipinski definition) is 4. The fraction of sp³-hybridized carbons (Fsp3) is 0.368. The third kappa shape index (κ3) is 3.78. The van der Waals surface area contributed by atoms with Crippen molar-refractivity contribution in [2.24, 2.45) is 0 Å². The van der Waals surface area contributed by atoms with Crippen LogP contribution in [0.25, 0.3) is 0 Å². The molecule has 1 saturated heterocycles. The molecule has 1 aliphatic heterocycles. The molecule has 0 amide bonds. The van der Waals surface area contributed by atoms with E-state index in [1.54, 1.807) is 13.0 Å². The van der Waals surface area contributed by atoms with Crippen molar-refractivity contribution in [2.45, 2.75) is 42.2 Å². The van der Waals surface area contributed by atoms with Gasteiger partial charge in [-0.2, -0.15) is 4.31 Å². The maximum absolute atomic E-state index is 13.1. The van der Waals surface area contributed by atoms with E-state index in [0.29, 0.717) is 10.6 Å². The van der Waals surface area contributed by atoms with Gasteiger partial charge < -0.3 is 0 Å². The van der Waals surface area contributed by atoms with Crippen LogP contribution < -0.4 is 0 Å². The highest BCUT2D eigenvalue weighted by Gasteiger charge is 2.40. The van der Waals surface area contributed by atoms with Gasteiger partial charge >= 0.3 is 0 Å². The van der Waals surface area contributed by atoms with E-state index < -0.39 is 25.1 Å². The first kappa shape index (κ1) is 20.3. The minimum atomic E-state index is -3.74. The van der Waals surface area contributed by atoms with Crippen LogP contribution in [0.5, 0.6) is 0 Å². The van der Waals surface area contributed by atoms with Gasteiger partial charge in [0.2, 0.25) is 10.0 Å². The van der Waals surface area contributed by atoms with Crippen LogP contribution in [0.4, 0.5) is 0 Å². The van der Waals surface area contributed by atoms with E-state index in [-0.39, 0.29) is 29.3 Å². The molecule has 0 aromatic heterocycles. The molecular weight excluding hydrogens is 406 g/mol. The zero-order valence-electron chi connectivity index (χ0n) is 15.4. The Morgan fingerprint density at radius 3 is 2.15 bits per heavy atom. The second-order valence-electron chi connectivity index (χ2n) is 6.97. The molecule has 5 nitrogen and oxygen atoms in total. The van der Waals surface area contributed by atoms with Gasteiger partial charge in [0.05, 0.1) is 15.0 Å². The van der Waals surface area contributed by atoms with E-state index in [1.807, 2.05) is 19.9 Å².